The Balaban J connectivity index is 0.000000166. The standard InChI is InChI=1S/C24H28ClN7O.C21H26ClN7.C3H3ClO/c1-2-22(33)31-12-10-30(11-13-31)18-7-5-6-17(14-18)28-24-27-15-19(25)23(29-24)20-16-26-21-8-3-4-9-32(20)21;22-17-13-25-21(27-20(17)18-14-24-19-6-1-2-9-29(18)19)26-15-4-3-5-16(12-15)28-10-7-23-8-11-28;1-2-3(4)5/h2-4,8-9,15-18H,1,5-7,10-14H2,(H,27,28,29);1-2,6,9,13-16,23H,3-5,7-8,10-12H2,(H,25,26,27);2H,1H2/t17-,18+;15-,16+;/m11./s1. The van der Waals surface area contributed by atoms with Crippen molar-refractivity contribution < 1.29 is 9.59 Å². The van der Waals surface area contributed by atoms with Crippen LogP contribution in [0.25, 0.3) is 34.1 Å². The highest BCUT2D eigenvalue weighted by molar-refractivity contribution is 6.66. The molecule has 19 heteroatoms. The molecular weight excluding hydrogens is 911 g/mol. The maximum Gasteiger partial charge on any atom is 0.246 e. The van der Waals surface area contributed by atoms with Gasteiger partial charge in [0.2, 0.25) is 23.0 Å². The predicted octanol–water partition coefficient (Wildman–Crippen LogP) is 7.51. The average Bonchev–Trinajstić information content (AvgIpc) is 4.01. The summed E-state index contributed by atoms with van der Waals surface area (Å²) in [5, 5.41) is 11.1. The molecule has 4 aliphatic rings. The number of fused-ring (bicyclic) bond motifs is 2. The molecule has 8 heterocycles. The second-order valence-electron chi connectivity index (χ2n) is 17.1. The van der Waals surface area contributed by atoms with Gasteiger partial charge in [-0.25, -0.2) is 29.9 Å². The number of nitrogens with zero attached hydrogens (tertiary/aromatic N) is 11. The van der Waals surface area contributed by atoms with Crippen LogP contribution >= 0.6 is 34.8 Å². The summed E-state index contributed by atoms with van der Waals surface area (Å²) in [6, 6.07) is 13.6. The van der Waals surface area contributed by atoms with Gasteiger partial charge < -0.3 is 20.9 Å². The molecule has 2 aliphatic heterocycles. The number of imidazole rings is 2. The van der Waals surface area contributed by atoms with Crippen molar-refractivity contribution in [2.75, 3.05) is 63.0 Å². The van der Waals surface area contributed by atoms with E-state index in [1.54, 1.807) is 18.6 Å². The monoisotopic (exact) mass is 966 g/mol. The molecule has 4 atom stereocenters. The van der Waals surface area contributed by atoms with Crippen LogP contribution in [-0.4, -0.2) is 141 Å². The van der Waals surface area contributed by atoms with Crippen molar-refractivity contribution in [1.82, 2.24) is 58.7 Å². The highest BCUT2D eigenvalue weighted by Gasteiger charge is 2.31. The molecule has 0 aromatic carbocycles. The van der Waals surface area contributed by atoms with Gasteiger partial charge >= 0.3 is 0 Å². The van der Waals surface area contributed by atoms with Crippen molar-refractivity contribution in [3.63, 3.8) is 0 Å². The van der Waals surface area contributed by atoms with E-state index in [0.29, 0.717) is 57.5 Å². The molecule has 1 amide bonds. The molecule has 2 aliphatic carbocycles. The van der Waals surface area contributed by atoms with Crippen LogP contribution in [0.5, 0.6) is 0 Å². The number of rotatable bonds is 10. The lowest BCUT2D eigenvalue weighted by Crippen LogP contribution is -2.53. The summed E-state index contributed by atoms with van der Waals surface area (Å²) in [4.78, 5) is 55.7. The maximum atomic E-state index is 11.9. The number of hydrogen-bond donors (Lipinski definition) is 3. The first-order valence-corrected chi connectivity index (χ1v) is 24.2. The van der Waals surface area contributed by atoms with Crippen molar-refractivity contribution in [2.24, 2.45) is 0 Å². The number of amides is 1. The smallest absolute Gasteiger partial charge is 0.246 e. The Morgan fingerprint density at radius 3 is 1.58 bits per heavy atom. The predicted molar refractivity (Wildman–Crippen MR) is 266 cm³/mol. The summed E-state index contributed by atoms with van der Waals surface area (Å²) < 4.78 is 3.98. The Bertz CT molecular complexity index is 2640. The van der Waals surface area contributed by atoms with Gasteiger partial charge in [0.05, 0.1) is 46.2 Å². The summed E-state index contributed by atoms with van der Waals surface area (Å²) >= 11 is 17.6. The molecule has 2 saturated carbocycles. The zero-order chi connectivity index (χ0) is 46.7. The Morgan fingerprint density at radius 1 is 0.642 bits per heavy atom. The van der Waals surface area contributed by atoms with E-state index >= 15 is 0 Å². The highest BCUT2D eigenvalue weighted by Crippen LogP contribution is 2.31. The molecule has 0 spiro atoms. The summed E-state index contributed by atoms with van der Waals surface area (Å²) in [7, 11) is 0. The quantitative estimate of drug-likeness (QED) is 0.0914. The molecule has 4 fully saturated rings. The molecular formula is C48H57Cl3N14O2. The van der Waals surface area contributed by atoms with Gasteiger partial charge in [0, 0.05) is 88.9 Å². The van der Waals surface area contributed by atoms with Crippen LogP contribution in [0.2, 0.25) is 10.0 Å². The van der Waals surface area contributed by atoms with E-state index < -0.39 is 5.24 Å². The molecule has 352 valence electrons. The van der Waals surface area contributed by atoms with Gasteiger partial charge in [0.15, 0.2) is 0 Å². The number of aromatic nitrogens is 8. The van der Waals surface area contributed by atoms with E-state index in [9.17, 15) is 9.59 Å². The minimum absolute atomic E-state index is 0.0273. The van der Waals surface area contributed by atoms with Crippen LogP contribution in [0.3, 0.4) is 0 Å². The molecule has 67 heavy (non-hydrogen) atoms. The van der Waals surface area contributed by atoms with Crippen molar-refractivity contribution in [3.05, 3.63) is 109 Å². The Labute approximate surface area is 405 Å². The average molecular weight is 968 g/mol. The van der Waals surface area contributed by atoms with Crippen molar-refractivity contribution in [1.29, 1.82) is 0 Å². The minimum atomic E-state index is -0.509. The first kappa shape index (κ1) is 48.0. The number of carbonyl (C=O) groups excluding carboxylic acids is 2. The van der Waals surface area contributed by atoms with Crippen molar-refractivity contribution in [3.8, 4) is 22.8 Å². The van der Waals surface area contributed by atoms with Gasteiger partial charge in [-0.05, 0) is 99.4 Å². The van der Waals surface area contributed by atoms with Crippen molar-refractivity contribution >= 4 is 69.1 Å². The molecule has 0 radical (unpaired) electrons. The number of piperazine rings is 2. The van der Waals surface area contributed by atoms with E-state index in [-0.39, 0.29) is 5.91 Å². The van der Waals surface area contributed by atoms with Crippen LogP contribution in [0.15, 0.2) is 98.9 Å². The highest BCUT2D eigenvalue weighted by atomic mass is 35.5. The summed E-state index contributed by atoms with van der Waals surface area (Å²) in [6.45, 7) is 14.5. The molecule has 0 unspecified atom stereocenters. The van der Waals surface area contributed by atoms with Gasteiger partial charge in [-0.15, -0.1) is 0 Å². The number of halogens is 3. The van der Waals surface area contributed by atoms with Crippen LogP contribution in [0.1, 0.15) is 51.4 Å². The van der Waals surface area contributed by atoms with Crippen LogP contribution in [0, 0.1) is 0 Å². The van der Waals surface area contributed by atoms with Crippen molar-refractivity contribution in [2.45, 2.75) is 75.5 Å². The SMILES string of the molecule is C=CC(=O)Cl.C=CC(=O)N1CCN([C@H]2CCC[C@@H](Nc3ncc(Cl)c(-c4cnc5ccccn45)n3)C2)CC1.Clc1cnc(N[C@@H]2CCC[C@H](N3CCNCC3)C2)nc1-c1cnc2ccccn12. The van der Waals surface area contributed by atoms with Crippen LogP contribution in [0.4, 0.5) is 11.9 Å². The van der Waals surface area contributed by atoms with Gasteiger partial charge in [-0.1, -0.05) is 48.5 Å². The molecule has 3 N–H and O–H groups in total. The van der Waals surface area contributed by atoms with Gasteiger partial charge in [-0.2, -0.15) is 0 Å². The molecule has 6 aromatic heterocycles. The molecule has 6 aromatic rings. The number of allylic oxidation sites excluding steroid dienone is 1. The van der Waals surface area contributed by atoms with Gasteiger partial charge in [-0.3, -0.25) is 28.2 Å². The van der Waals surface area contributed by atoms with E-state index in [4.69, 9.17) is 44.8 Å². The summed E-state index contributed by atoms with van der Waals surface area (Å²) in [5.74, 6) is 1.26. The van der Waals surface area contributed by atoms with Gasteiger partial charge in [0.1, 0.15) is 22.7 Å². The summed E-state index contributed by atoms with van der Waals surface area (Å²) in [5.41, 5.74) is 4.81. The number of hydrogen-bond acceptors (Lipinski definition) is 13. The fraction of sp³-hybridized carbons (Fsp3) is 0.417. The maximum absolute atomic E-state index is 11.9. The minimum Gasteiger partial charge on any atom is -0.351 e. The molecule has 16 nitrogen and oxygen atoms in total. The fourth-order valence-corrected chi connectivity index (χ4v) is 9.93. The lowest BCUT2D eigenvalue weighted by Gasteiger charge is -2.42. The first-order valence-electron chi connectivity index (χ1n) is 23.0. The third-order valence-corrected chi connectivity index (χ3v) is 13.6. The number of carbonyl (C=O) groups is 2. The first-order chi connectivity index (χ1) is 32.7. The lowest BCUT2D eigenvalue weighted by atomic mass is 9.89. The number of nitrogens with one attached hydrogen (secondary N) is 3. The van der Waals surface area contributed by atoms with E-state index in [0.717, 1.165) is 113 Å². The molecule has 2 saturated heterocycles. The number of anilines is 2. The topological polar surface area (TPSA) is 166 Å². The number of pyridine rings is 2. The Hall–Kier alpha value is -5.49. The van der Waals surface area contributed by atoms with Gasteiger partial charge in [0.25, 0.3) is 0 Å². The normalized spacial score (nSPS) is 21.3. The lowest BCUT2D eigenvalue weighted by molar-refractivity contribution is -0.128. The Kier molecular flexibility index (Phi) is 16.5. The second kappa shape index (κ2) is 23.0. The van der Waals surface area contributed by atoms with Crippen LogP contribution < -0.4 is 16.0 Å². The van der Waals surface area contributed by atoms with Crippen LogP contribution in [-0.2, 0) is 9.59 Å². The van der Waals surface area contributed by atoms with E-state index in [1.807, 2.05) is 68.7 Å². The fourth-order valence-electron chi connectivity index (χ4n) is 9.55. The molecule has 10 rings (SSSR count). The zero-order valence-electron chi connectivity index (χ0n) is 37.5. The second-order valence-corrected chi connectivity index (χ2v) is 18.3. The summed E-state index contributed by atoms with van der Waals surface area (Å²) in [6.07, 6.45) is 22.6. The van der Waals surface area contributed by atoms with E-state index in [1.165, 1.54) is 25.3 Å². The van der Waals surface area contributed by atoms with E-state index in [2.05, 4.69) is 58.8 Å². The zero-order valence-corrected chi connectivity index (χ0v) is 39.8. The third kappa shape index (κ3) is 12.2. The Morgan fingerprint density at radius 2 is 1.12 bits per heavy atom. The molecule has 0 bridgehead atoms. The largest absolute Gasteiger partial charge is 0.351 e. The third-order valence-electron chi connectivity index (χ3n) is 12.9.